The van der Waals surface area contributed by atoms with E-state index in [1.54, 1.807) is 11.8 Å². The van der Waals surface area contributed by atoms with E-state index < -0.39 is 5.97 Å². The molecule has 0 radical (unpaired) electrons. The predicted octanol–water partition coefficient (Wildman–Crippen LogP) is 3.65. The number of rotatable bonds is 6. The Morgan fingerprint density at radius 2 is 1.75 bits per heavy atom. The quantitative estimate of drug-likeness (QED) is 0.796. The van der Waals surface area contributed by atoms with Gasteiger partial charge in [-0.25, -0.2) is 0 Å². The highest BCUT2D eigenvalue weighted by Gasteiger charge is 2.02. The number of benzene rings is 2. The summed E-state index contributed by atoms with van der Waals surface area (Å²) in [5.41, 5.74) is 3.08. The van der Waals surface area contributed by atoms with Crippen LogP contribution in [0.2, 0.25) is 0 Å². The maximum Gasteiger partial charge on any atom is 0.307 e. The lowest BCUT2D eigenvalue weighted by Gasteiger charge is -2.10. The van der Waals surface area contributed by atoms with Crippen molar-refractivity contribution in [3.8, 4) is 0 Å². The van der Waals surface area contributed by atoms with Crippen LogP contribution in [0.4, 0.5) is 5.69 Å². The first-order valence-electron chi connectivity index (χ1n) is 6.35. The van der Waals surface area contributed by atoms with Crippen LogP contribution in [0.15, 0.2) is 53.4 Å². The van der Waals surface area contributed by atoms with Gasteiger partial charge in [0, 0.05) is 17.1 Å². The summed E-state index contributed by atoms with van der Waals surface area (Å²) < 4.78 is 0. The first-order valence-corrected chi connectivity index (χ1v) is 7.58. The highest BCUT2D eigenvalue weighted by Crippen LogP contribution is 2.25. The fraction of sp³-hybridized carbons (Fsp3) is 0.188. The summed E-state index contributed by atoms with van der Waals surface area (Å²) in [6.07, 6.45) is 2.13. The molecule has 3 nitrogen and oxygen atoms in total. The number of thioether (sulfide) groups is 1. The molecule has 0 aromatic heterocycles. The van der Waals surface area contributed by atoms with Crippen LogP contribution >= 0.6 is 11.8 Å². The second-order valence-electron chi connectivity index (χ2n) is 4.44. The van der Waals surface area contributed by atoms with Gasteiger partial charge in [0.25, 0.3) is 0 Å². The van der Waals surface area contributed by atoms with Crippen molar-refractivity contribution in [2.24, 2.45) is 0 Å². The van der Waals surface area contributed by atoms with E-state index in [0.29, 0.717) is 0 Å². The maximum absolute atomic E-state index is 10.6. The van der Waals surface area contributed by atoms with Gasteiger partial charge in [-0.15, -0.1) is 11.8 Å². The number of hydrogen-bond donors (Lipinski definition) is 2. The maximum atomic E-state index is 10.6. The molecule has 0 unspecified atom stereocenters. The van der Waals surface area contributed by atoms with E-state index in [4.69, 9.17) is 5.11 Å². The lowest BCUT2D eigenvalue weighted by Crippen LogP contribution is -2.02. The van der Waals surface area contributed by atoms with Crippen molar-refractivity contribution < 1.29 is 9.90 Å². The molecule has 0 saturated heterocycles. The molecule has 104 valence electrons. The summed E-state index contributed by atoms with van der Waals surface area (Å²) >= 11 is 1.71. The van der Waals surface area contributed by atoms with E-state index in [9.17, 15) is 4.79 Å². The topological polar surface area (TPSA) is 49.3 Å². The van der Waals surface area contributed by atoms with Gasteiger partial charge in [-0.1, -0.05) is 36.4 Å². The van der Waals surface area contributed by atoms with Crippen molar-refractivity contribution in [2.45, 2.75) is 17.9 Å². The molecule has 4 heteroatoms. The minimum absolute atomic E-state index is 0.0724. The smallest absolute Gasteiger partial charge is 0.307 e. The molecule has 0 spiro atoms. The monoisotopic (exact) mass is 287 g/mol. The molecule has 2 rings (SSSR count). The molecule has 0 aliphatic rings. The number of carboxylic acid groups (broad SMARTS) is 1. The van der Waals surface area contributed by atoms with Gasteiger partial charge in [0.05, 0.1) is 6.42 Å². The van der Waals surface area contributed by atoms with E-state index in [1.807, 2.05) is 36.4 Å². The third kappa shape index (κ3) is 4.03. The normalized spacial score (nSPS) is 10.2. The molecule has 20 heavy (non-hydrogen) atoms. The van der Waals surface area contributed by atoms with Crippen LogP contribution in [0.3, 0.4) is 0 Å². The second-order valence-corrected chi connectivity index (χ2v) is 5.29. The minimum atomic E-state index is -0.801. The Hall–Kier alpha value is -1.94. The molecule has 0 aliphatic heterocycles. The van der Waals surface area contributed by atoms with Crippen LogP contribution in [-0.2, 0) is 17.8 Å². The molecule has 0 heterocycles. The number of hydrogen-bond acceptors (Lipinski definition) is 3. The van der Waals surface area contributed by atoms with E-state index in [0.717, 1.165) is 23.4 Å². The lowest BCUT2D eigenvalue weighted by molar-refractivity contribution is -0.136. The Morgan fingerprint density at radius 3 is 2.40 bits per heavy atom. The van der Waals surface area contributed by atoms with Crippen LogP contribution in [-0.4, -0.2) is 17.3 Å². The van der Waals surface area contributed by atoms with Crippen LogP contribution in [0.5, 0.6) is 0 Å². The van der Waals surface area contributed by atoms with Gasteiger partial charge in [-0.2, -0.15) is 0 Å². The largest absolute Gasteiger partial charge is 0.481 e. The molecule has 0 atom stereocenters. The number of para-hydroxylation sites is 1. The average molecular weight is 287 g/mol. The number of aliphatic carboxylic acids is 1. The summed E-state index contributed by atoms with van der Waals surface area (Å²) in [6, 6.07) is 15.8. The molecular formula is C16H17NO2S. The van der Waals surface area contributed by atoms with Crippen LogP contribution in [0.25, 0.3) is 0 Å². The van der Waals surface area contributed by atoms with Crippen molar-refractivity contribution in [1.82, 2.24) is 0 Å². The fourth-order valence-corrected chi connectivity index (χ4v) is 2.51. The number of carboxylic acids is 1. The van der Waals surface area contributed by atoms with Crippen LogP contribution in [0, 0.1) is 0 Å². The van der Waals surface area contributed by atoms with Crippen molar-refractivity contribution in [1.29, 1.82) is 0 Å². The lowest BCUT2D eigenvalue weighted by atomic mass is 10.1. The van der Waals surface area contributed by atoms with E-state index >= 15 is 0 Å². The van der Waals surface area contributed by atoms with Crippen molar-refractivity contribution in [3.05, 3.63) is 59.7 Å². The van der Waals surface area contributed by atoms with Crippen molar-refractivity contribution in [3.63, 3.8) is 0 Å². The zero-order valence-corrected chi connectivity index (χ0v) is 12.1. The van der Waals surface area contributed by atoms with E-state index in [2.05, 4.69) is 23.7 Å². The van der Waals surface area contributed by atoms with Crippen molar-refractivity contribution in [2.75, 3.05) is 11.6 Å². The first kappa shape index (κ1) is 14.5. The number of carbonyl (C=O) groups is 1. The standard InChI is InChI=1S/C16H17NO2S/c1-20-15-5-3-2-4-14(15)17-11-13-8-6-12(7-9-13)10-16(18)19/h2-9,17H,10-11H2,1H3,(H,18,19). The highest BCUT2D eigenvalue weighted by molar-refractivity contribution is 7.98. The molecular weight excluding hydrogens is 270 g/mol. The fourth-order valence-electron chi connectivity index (χ4n) is 1.94. The van der Waals surface area contributed by atoms with Gasteiger partial charge in [0.1, 0.15) is 0 Å². The minimum Gasteiger partial charge on any atom is -0.481 e. The van der Waals surface area contributed by atoms with Gasteiger partial charge >= 0.3 is 5.97 Å². The van der Waals surface area contributed by atoms with Gasteiger partial charge in [-0.05, 0) is 29.5 Å². The highest BCUT2D eigenvalue weighted by atomic mass is 32.2. The van der Waals surface area contributed by atoms with Gasteiger partial charge in [-0.3, -0.25) is 4.79 Å². The van der Waals surface area contributed by atoms with Gasteiger partial charge < -0.3 is 10.4 Å². The second kappa shape index (κ2) is 7.01. The summed E-state index contributed by atoms with van der Waals surface area (Å²) in [5.74, 6) is -0.801. The number of anilines is 1. The third-order valence-corrected chi connectivity index (χ3v) is 3.76. The Balaban J connectivity index is 1.98. The molecule has 2 N–H and O–H groups in total. The molecule has 2 aromatic rings. The van der Waals surface area contributed by atoms with E-state index in [-0.39, 0.29) is 6.42 Å². The number of nitrogens with one attached hydrogen (secondary N) is 1. The van der Waals surface area contributed by atoms with Crippen LogP contribution in [0.1, 0.15) is 11.1 Å². The zero-order chi connectivity index (χ0) is 14.4. The third-order valence-electron chi connectivity index (χ3n) is 2.97. The Kier molecular flexibility index (Phi) is 5.07. The molecule has 2 aromatic carbocycles. The zero-order valence-electron chi connectivity index (χ0n) is 11.3. The summed E-state index contributed by atoms with van der Waals surface area (Å²) in [4.78, 5) is 11.8. The average Bonchev–Trinajstić information content (AvgIpc) is 2.46. The van der Waals surface area contributed by atoms with Gasteiger partial charge in [0.2, 0.25) is 0 Å². The Labute approximate surface area is 123 Å². The molecule has 0 bridgehead atoms. The first-order chi connectivity index (χ1) is 9.69. The molecule has 0 amide bonds. The van der Waals surface area contributed by atoms with Gasteiger partial charge in [0.15, 0.2) is 0 Å². The summed E-state index contributed by atoms with van der Waals surface area (Å²) in [6.45, 7) is 0.727. The SMILES string of the molecule is CSc1ccccc1NCc1ccc(CC(=O)O)cc1. The summed E-state index contributed by atoms with van der Waals surface area (Å²) in [7, 11) is 0. The molecule has 0 aliphatic carbocycles. The van der Waals surface area contributed by atoms with Crippen LogP contribution < -0.4 is 5.32 Å². The Bertz CT molecular complexity index is 581. The Morgan fingerprint density at radius 1 is 1.10 bits per heavy atom. The summed E-state index contributed by atoms with van der Waals surface area (Å²) in [5, 5.41) is 12.1. The predicted molar refractivity (Wildman–Crippen MR) is 83.3 cm³/mol. The molecule has 0 saturated carbocycles. The molecule has 0 fully saturated rings. The van der Waals surface area contributed by atoms with E-state index in [1.165, 1.54) is 4.90 Å². The van der Waals surface area contributed by atoms with Crippen molar-refractivity contribution >= 4 is 23.4 Å².